The molecule has 2 aromatic rings. The average Bonchev–Trinajstić information content (AvgIpc) is 2.97. The Hall–Kier alpha value is -3.20. The fourth-order valence-corrected chi connectivity index (χ4v) is 3.49. The van der Waals surface area contributed by atoms with Crippen LogP contribution < -0.4 is 0 Å². The van der Waals surface area contributed by atoms with Gasteiger partial charge in [-0.1, -0.05) is 23.9 Å². The molecule has 0 aliphatic carbocycles. The van der Waals surface area contributed by atoms with Gasteiger partial charge >= 0.3 is 12.1 Å². The van der Waals surface area contributed by atoms with Crippen LogP contribution in [0.15, 0.2) is 69.8 Å². The second kappa shape index (κ2) is 8.04. The van der Waals surface area contributed by atoms with Gasteiger partial charge in [-0.05, 0) is 48.0 Å². The van der Waals surface area contributed by atoms with Crippen LogP contribution in [0, 0.1) is 0 Å². The summed E-state index contributed by atoms with van der Waals surface area (Å²) in [6.45, 7) is 0. The third-order valence-electron chi connectivity index (χ3n) is 3.90. The zero-order valence-electron chi connectivity index (χ0n) is 14.9. The van der Waals surface area contributed by atoms with E-state index in [0.29, 0.717) is 10.5 Å². The third-order valence-corrected chi connectivity index (χ3v) is 4.92. The molecule has 150 valence electrons. The molecule has 1 aliphatic heterocycles. The van der Waals surface area contributed by atoms with Crippen LogP contribution in [0.1, 0.15) is 11.1 Å². The molecule has 29 heavy (non-hydrogen) atoms. The molecule has 0 unspecified atom stereocenters. The number of carbonyl (C=O) groups excluding carboxylic acids is 1. The van der Waals surface area contributed by atoms with E-state index >= 15 is 0 Å². The van der Waals surface area contributed by atoms with Gasteiger partial charge < -0.3 is 14.9 Å². The quantitative estimate of drug-likeness (QED) is 0.665. The minimum absolute atomic E-state index is 0.0748. The molecule has 5 nitrogen and oxygen atoms in total. The Labute approximate surface area is 167 Å². The lowest BCUT2D eigenvalue weighted by molar-refractivity contribution is -0.137. The topological polar surface area (TPSA) is 79.1 Å². The predicted molar refractivity (Wildman–Crippen MR) is 104 cm³/mol. The molecular formula is C20H14F3NO4S. The number of alkyl halides is 3. The molecule has 0 aromatic heterocycles. The number of methoxy groups -OCH3 is 1. The Balaban J connectivity index is 1.99. The Morgan fingerprint density at radius 3 is 2.24 bits per heavy atom. The van der Waals surface area contributed by atoms with Crippen molar-refractivity contribution >= 4 is 34.5 Å². The van der Waals surface area contributed by atoms with Gasteiger partial charge in [0.25, 0.3) is 0 Å². The number of nitrogens with zero attached hydrogens (tertiary/aromatic N) is 1. The minimum atomic E-state index is -4.47. The van der Waals surface area contributed by atoms with Crippen molar-refractivity contribution in [3.8, 4) is 5.75 Å². The van der Waals surface area contributed by atoms with Crippen LogP contribution in [0.2, 0.25) is 0 Å². The summed E-state index contributed by atoms with van der Waals surface area (Å²) in [5, 5.41) is 19.9. The van der Waals surface area contributed by atoms with E-state index in [1.807, 2.05) is 0 Å². The highest BCUT2D eigenvalue weighted by Gasteiger charge is 2.33. The smallest absolute Gasteiger partial charge is 0.416 e. The van der Waals surface area contributed by atoms with Crippen LogP contribution in [0.4, 0.5) is 18.9 Å². The highest BCUT2D eigenvalue weighted by molar-refractivity contribution is 8.18. The van der Waals surface area contributed by atoms with Crippen molar-refractivity contribution in [2.24, 2.45) is 4.99 Å². The van der Waals surface area contributed by atoms with Crippen LogP contribution in [0.25, 0.3) is 6.08 Å². The summed E-state index contributed by atoms with van der Waals surface area (Å²) in [6, 6.07) is 10.3. The molecule has 0 bridgehead atoms. The van der Waals surface area contributed by atoms with Gasteiger partial charge in [0, 0.05) is 0 Å². The molecule has 0 saturated carbocycles. The van der Waals surface area contributed by atoms with E-state index in [9.17, 15) is 28.2 Å². The first-order valence-corrected chi connectivity index (χ1v) is 8.97. The number of carbonyl (C=O) groups is 1. The van der Waals surface area contributed by atoms with Crippen molar-refractivity contribution in [3.05, 3.63) is 75.9 Å². The lowest BCUT2D eigenvalue weighted by atomic mass is 10.1. The summed E-state index contributed by atoms with van der Waals surface area (Å²) in [4.78, 5) is 16.6. The summed E-state index contributed by atoms with van der Waals surface area (Å²) in [5.41, 5.74) is -0.167. The van der Waals surface area contributed by atoms with E-state index in [0.717, 1.165) is 31.0 Å². The predicted octanol–water partition coefficient (Wildman–Crippen LogP) is 5.21. The molecule has 0 spiro atoms. The fourth-order valence-electron chi connectivity index (χ4n) is 2.45. The van der Waals surface area contributed by atoms with E-state index in [1.54, 1.807) is 18.2 Å². The molecule has 1 heterocycles. The fraction of sp³-hybridized carbons (Fsp3) is 0.100. The number of ether oxygens (including phenoxy) is 1. The van der Waals surface area contributed by atoms with Crippen LogP contribution in [-0.4, -0.2) is 28.3 Å². The number of aliphatic hydroxyl groups excluding tert-OH is 1. The molecule has 0 atom stereocenters. The van der Waals surface area contributed by atoms with E-state index < -0.39 is 17.7 Å². The number of hydrogen-bond acceptors (Lipinski definition) is 6. The van der Waals surface area contributed by atoms with Crippen LogP contribution in [0.3, 0.4) is 0 Å². The molecule has 2 N–H and O–H groups in total. The number of halogens is 3. The summed E-state index contributed by atoms with van der Waals surface area (Å²) in [6.07, 6.45) is -2.89. The first kappa shape index (κ1) is 20.5. The van der Waals surface area contributed by atoms with Crippen molar-refractivity contribution in [1.82, 2.24) is 0 Å². The molecular weight excluding hydrogens is 407 g/mol. The summed E-state index contributed by atoms with van der Waals surface area (Å²) >= 11 is 0.976. The van der Waals surface area contributed by atoms with Crippen LogP contribution >= 0.6 is 11.8 Å². The zero-order valence-corrected chi connectivity index (χ0v) is 15.7. The molecule has 0 saturated heterocycles. The molecule has 1 aliphatic rings. The Kier molecular flexibility index (Phi) is 5.69. The van der Waals surface area contributed by atoms with Gasteiger partial charge in [-0.25, -0.2) is 9.79 Å². The number of benzene rings is 2. The van der Waals surface area contributed by atoms with E-state index in [4.69, 9.17) is 4.74 Å². The number of aliphatic hydroxyl groups is 1. The third kappa shape index (κ3) is 4.62. The van der Waals surface area contributed by atoms with Gasteiger partial charge in [-0.15, -0.1) is 0 Å². The highest BCUT2D eigenvalue weighted by atomic mass is 32.2. The molecule has 0 radical (unpaired) electrons. The number of hydrogen-bond donors (Lipinski definition) is 2. The second-order valence-electron chi connectivity index (χ2n) is 5.88. The summed E-state index contributed by atoms with van der Waals surface area (Å²) in [5.74, 6) is -1.10. The Morgan fingerprint density at radius 2 is 1.69 bits per heavy atom. The Morgan fingerprint density at radius 1 is 1.07 bits per heavy atom. The molecule has 3 rings (SSSR count). The summed E-state index contributed by atoms with van der Waals surface area (Å²) < 4.78 is 42.8. The zero-order chi connectivity index (χ0) is 21.2. The van der Waals surface area contributed by atoms with E-state index in [2.05, 4.69) is 4.99 Å². The van der Waals surface area contributed by atoms with Gasteiger partial charge in [-0.3, -0.25) is 0 Å². The number of esters is 1. The van der Waals surface area contributed by atoms with Crippen molar-refractivity contribution in [1.29, 1.82) is 0 Å². The lowest BCUT2D eigenvalue weighted by Crippen LogP contribution is -2.10. The van der Waals surface area contributed by atoms with Gasteiger partial charge in [0.05, 0.1) is 23.3 Å². The first-order valence-electron chi connectivity index (χ1n) is 8.16. The summed E-state index contributed by atoms with van der Waals surface area (Å²) in [7, 11) is 1.14. The monoisotopic (exact) mass is 421 g/mol. The van der Waals surface area contributed by atoms with Gasteiger partial charge in [0.1, 0.15) is 22.1 Å². The van der Waals surface area contributed by atoms with Gasteiger partial charge in [0.2, 0.25) is 0 Å². The number of thioether (sulfide) groups is 1. The maximum absolute atomic E-state index is 12.7. The van der Waals surface area contributed by atoms with Gasteiger partial charge in [0.15, 0.2) is 0 Å². The maximum atomic E-state index is 12.7. The standard InChI is InChI=1S/C20H14F3NO4S/c1-28-19(27)16-17(26)15(10-11-2-8-14(25)9-3-11)29-18(16)24-13-6-4-12(5-7-13)20(21,22)23/h2-10,25-26H,1H3. The molecule has 0 fully saturated rings. The van der Waals surface area contributed by atoms with Crippen molar-refractivity contribution < 1.29 is 32.9 Å². The van der Waals surface area contributed by atoms with Crippen LogP contribution in [-0.2, 0) is 15.7 Å². The molecule has 2 aromatic carbocycles. The number of phenols is 1. The highest BCUT2D eigenvalue weighted by Crippen LogP contribution is 2.40. The lowest BCUT2D eigenvalue weighted by Gasteiger charge is -2.06. The van der Waals surface area contributed by atoms with Crippen molar-refractivity contribution in [3.63, 3.8) is 0 Å². The minimum Gasteiger partial charge on any atom is -0.508 e. The first-order chi connectivity index (χ1) is 13.7. The second-order valence-corrected chi connectivity index (χ2v) is 6.91. The number of rotatable bonds is 3. The number of aliphatic imine (C=N–C) groups is 1. The van der Waals surface area contributed by atoms with Crippen molar-refractivity contribution in [2.45, 2.75) is 6.18 Å². The van der Waals surface area contributed by atoms with Crippen molar-refractivity contribution in [2.75, 3.05) is 7.11 Å². The normalized spacial score (nSPS) is 17.2. The number of aromatic hydroxyl groups is 1. The van der Waals surface area contributed by atoms with Gasteiger partial charge in [-0.2, -0.15) is 13.2 Å². The Bertz CT molecular complexity index is 1020. The maximum Gasteiger partial charge on any atom is 0.416 e. The van der Waals surface area contributed by atoms with E-state index in [-0.39, 0.29) is 27.8 Å². The molecule has 9 heteroatoms. The van der Waals surface area contributed by atoms with Crippen LogP contribution in [0.5, 0.6) is 5.75 Å². The molecule has 0 amide bonds. The largest absolute Gasteiger partial charge is 0.508 e. The average molecular weight is 421 g/mol. The van der Waals surface area contributed by atoms with E-state index in [1.165, 1.54) is 24.3 Å². The number of phenolic OH excluding ortho intramolecular Hbond substituents is 1. The SMILES string of the molecule is COC(=O)C1=C(O)C(=Cc2ccc(O)cc2)SC1=Nc1ccc(C(F)(F)F)cc1.